The van der Waals surface area contributed by atoms with Crippen LogP contribution in [0.1, 0.15) is 38.4 Å². The number of aromatic nitrogens is 1. The maximum absolute atomic E-state index is 13.3. The fourth-order valence-electron chi connectivity index (χ4n) is 4.11. The van der Waals surface area contributed by atoms with Crippen molar-refractivity contribution in [2.24, 2.45) is 0 Å². The van der Waals surface area contributed by atoms with Gasteiger partial charge in [-0.15, -0.1) is 0 Å². The molecule has 0 bridgehead atoms. The second-order valence-electron chi connectivity index (χ2n) is 7.96. The SMILES string of the molecule is O=C1c2ccn(CCCNC(CO)(CO)CO)c2C(=O)c2c1c(O)c1ccccc1c2O. The van der Waals surface area contributed by atoms with Gasteiger partial charge in [-0.2, -0.15) is 0 Å². The first kappa shape index (κ1) is 22.0. The number of fused-ring (bicyclic) bond motifs is 3. The number of aryl methyl sites for hydroxylation is 1. The number of phenols is 2. The Kier molecular flexibility index (Phi) is 5.74. The summed E-state index contributed by atoms with van der Waals surface area (Å²) in [5, 5.41) is 53.1. The van der Waals surface area contributed by atoms with Gasteiger partial charge in [-0.1, -0.05) is 24.3 Å². The number of aliphatic hydroxyl groups is 3. The van der Waals surface area contributed by atoms with E-state index in [0.29, 0.717) is 24.9 Å². The van der Waals surface area contributed by atoms with E-state index in [2.05, 4.69) is 5.32 Å². The lowest BCUT2D eigenvalue weighted by atomic mass is 9.84. The Morgan fingerprint density at radius 1 is 0.844 bits per heavy atom. The zero-order valence-corrected chi connectivity index (χ0v) is 17.2. The van der Waals surface area contributed by atoms with Crippen molar-refractivity contribution in [2.75, 3.05) is 26.4 Å². The molecule has 0 radical (unpaired) electrons. The molecule has 0 fully saturated rings. The summed E-state index contributed by atoms with van der Waals surface area (Å²) >= 11 is 0. The molecule has 0 spiro atoms. The Morgan fingerprint density at radius 3 is 1.97 bits per heavy atom. The fourth-order valence-corrected chi connectivity index (χ4v) is 4.11. The zero-order chi connectivity index (χ0) is 23.0. The lowest BCUT2D eigenvalue weighted by Gasteiger charge is -2.29. The van der Waals surface area contributed by atoms with E-state index in [0.717, 1.165) is 0 Å². The van der Waals surface area contributed by atoms with Gasteiger partial charge < -0.3 is 35.4 Å². The molecule has 9 nitrogen and oxygen atoms in total. The van der Waals surface area contributed by atoms with Crippen LogP contribution in [0.4, 0.5) is 0 Å². The number of rotatable bonds is 8. The predicted molar refractivity (Wildman–Crippen MR) is 115 cm³/mol. The first-order chi connectivity index (χ1) is 15.4. The van der Waals surface area contributed by atoms with Crippen molar-refractivity contribution in [3.8, 4) is 11.5 Å². The van der Waals surface area contributed by atoms with Gasteiger partial charge in [0, 0.05) is 23.5 Å². The molecule has 0 saturated heterocycles. The molecule has 32 heavy (non-hydrogen) atoms. The van der Waals surface area contributed by atoms with E-state index in [1.54, 1.807) is 35.0 Å². The molecule has 1 aliphatic rings. The minimum atomic E-state index is -1.20. The highest BCUT2D eigenvalue weighted by atomic mass is 16.3. The van der Waals surface area contributed by atoms with Crippen molar-refractivity contribution in [1.29, 1.82) is 0 Å². The molecular formula is C23H24N2O7. The van der Waals surface area contributed by atoms with Crippen LogP contribution in [0.2, 0.25) is 0 Å². The monoisotopic (exact) mass is 440 g/mol. The molecule has 6 N–H and O–H groups in total. The summed E-state index contributed by atoms with van der Waals surface area (Å²) in [5.74, 6) is -1.76. The van der Waals surface area contributed by atoms with Gasteiger partial charge in [0.25, 0.3) is 0 Å². The Labute approximate surface area is 183 Å². The predicted octanol–water partition coefficient (Wildman–Crippen LogP) is 0.523. The van der Waals surface area contributed by atoms with Crippen LogP contribution < -0.4 is 5.32 Å². The van der Waals surface area contributed by atoms with E-state index < -0.39 is 36.9 Å². The number of benzene rings is 2. The highest BCUT2D eigenvalue weighted by Crippen LogP contribution is 2.44. The van der Waals surface area contributed by atoms with Crippen LogP contribution in [-0.4, -0.2) is 73.6 Å². The van der Waals surface area contributed by atoms with Crippen molar-refractivity contribution in [3.63, 3.8) is 0 Å². The quantitative estimate of drug-likeness (QED) is 0.171. The van der Waals surface area contributed by atoms with Gasteiger partial charge in [0.15, 0.2) is 5.78 Å². The maximum atomic E-state index is 13.3. The highest BCUT2D eigenvalue weighted by Gasteiger charge is 2.38. The second-order valence-corrected chi connectivity index (χ2v) is 7.96. The lowest BCUT2D eigenvalue weighted by molar-refractivity contribution is 0.0424. The number of ketones is 2. The standard InChI is InChI=1S/C23H24N2O7/c26-10-23(11-27,12-28)24-7-3-8-25-9-6-15-18(25)22(32)17-16(21(15)31)19(29)13-4-1-2-5-14(13)20(17)30/h1-2,4-6,9,24,26-30H,3,7-8,10-12H2. The Bertz CT molecular complexity index is 1200. The van der Waals surface area contributed by atoms with Crippen molar-refractivity contribution in [1.82, 2.24) is 9.88 Å². The third-order valence-corrected chi connectivity index (χ3v) is 6.02. The summed E-state index contributed by atoms with van der Waals surface area (Å²) in [6, 6.07) is 7.98. The lowest BCUT2D eigenvalue weighted by Crippen LogP contribution is -2.55. The van der Waals surface area contributed by atoms with E-state index in [1.807, 2.05) is 0 Å². The molecule has 4 rings (SSSR count). The first-order valence-electron chi connectivity index (χ1n) is 10.2. The van der Waals surface area contributed by atoms with E-state index in [9.17, 15) is 35.1 Å². The normalized spacial score (nSPS) is 13.5. The molecule has 0 atom stereocenters. The van der Waals surface area contributed by atoms with Crippen LogP contribution in [0.25, 0.3) is 10.8 Å². The molecule has 0 amide bonds. The molecule has 2 aromatic carbocycles. The molecule has 0 unspecified atom stereocenters. The Balaban J connectivity index is 1.65. The average Bonchev–Trinajstić information content (AvgIpc) is 3.25. The van der Waals surface area contributed by atoms with E-state index in [4.69, 9.17) is 0 Å². The van der Waals surface area contributed by atoms with Crippen LogP contribution in [0.5, 0.6) is 11.5 Å². The third kappa shape index (κ3) is 3.26. The van der Waals surface area contributed by atoms with Crippen molar-refractivity contribution in [3.05, 3.63) is 58.9 Å². The van der Waals surface area contributed by atoms with Crippen molar-refractivity contribution >= 4 is 22.3 Å². The summed E-state index contributed by atoms with van der Waals surface area (Å²) in [6.45, 7) is -0.683. The number of phenolic OH excluding ortho intramolecular Hbond substituents is 2. The molecular weight excluding hydrogens is 416 g/mol. The number of hydrogen-bond donors (Lipinski definition) is 6. The number of hydrogen-bond acceptors (Lipinski definition) is 8. The largest absolute Gasteiger partial charge is 0.506 e. The average molecular weight is 440 g/mol. The van der Waals surface area contributed by atoms with Crippen LogP contribution in [0.15, 0.2) is 36.5 Å². The number of aliphatic hydroxyl groups excluding tert-OH is 3. The molecule has 3 aromatic rings. The number of aromatic hydroxyl groups is 2. The number of carbonyl (C=O) groups is 2. The summed E-state index contributed by atoms with van der Waals surface area (Å²) in [4.78, 5) is 26.5. The Morgan fingerprint density at radius 2 is 1.41 bits per heavy atom. The van der Waals surface area contributed by atoms with Gasteiger partial charge >= 0.3 is 0 Å². The van der Waals surface area contributed by atoms with Crippen molar-refractivity contribution < 1.29 is 35.1 Å². The van der Waals surface area contributed by atoms with Gasteiger partial charge in [0.2, 0.25) is 5.78 Å². The maximum Gasteiger partial charge on any atom is 0.214 e. The zero-order valence-electron chi connectivity index (χ0n) is 17.2. The highest BCUT2D eigenvalue weighted by molar-refractivity contribution is 6.32. The first-order valence-corrected chi connectivity index (χ1v) is 10.2. The van der Waals surface area contributed by atoms with Crippen LogP contribution in [-0.2, 0) is 6.54 Å². The van der Waals surface area contributed by atoms with Gasteiger partial charge in [0.05, 0.1) is 42.0 Å². The molecule has 0 saturated carbocycles. The van der Waals surface area contributed by atoms with Crippen LogP contribution in [0, 0.1) is 0 Å². The second kappa shape index (κ2) is 8.36. The summed E-state index contributed by atoms with van der Waals surface area (Å²) in [6.07, 6.45) is 2.06. The molecule has 1 aliphatic carbocycles. The van der Waals surface area contributed by atoms with E-state index >= 15 is 0 Å². The molecule has 1 aromatic heterocycles. The topological polar surface area (TPSA) is 152 Å². The number of nitrogens with one attached hydrogen (secondary N) is 1. The number of carbonyl (C=O) groups excluding carboxylic acids is 2. The number of nitrogens with zero attached hydrogens (tertiary/aromatic N) is 1. The smallest absolute Gasteiger partial charge is 0.214 e. The summed E-state index contributed by atoms with van der Waals surface area (Å²) in [5.41, 5.74) is -1.33. The molecule has 0 aliphatic heterocycles. The summed E-state index contributed by atoms with van der Waals surface area (Å²) in [7, 11) is 0. The fraction of sp³-hybridized carbons (Fsp3) is 0.304. The summed E-state index contributed by atoms with van der Waals surface area (Å²) < 4.78 is 1.60. The minimum Gasteiger partial charge on any atom is -0.506 e. The van der Waals surface area contributed by atoms with Crippen molar-refractivity contribution in [2.45, 2.75) is 18.5 Å². The molecule has 1 heterocycles. The van der Waals surface area contributed by atoms with Gasteiger partial charge in [-0.3, -0.25) is 9.59 Å². The third-order valence-electron chi connectivity index (χ3n) is 6.02. The van der Waals surface area contributed by atoms with Crippen LogP contribution >= 0.6 is 0 Å². The minimum absolute atomic E-state index is 0.130. The van der Waals surface area contributed by atoms with Crippen LogP contribution in [0.3, 0.4) is 0 Å². The van der Waals surface area contributed by atoms with E-state index in [1.165, 1.54) is 6.07 Å². The van der Waals surface area contributed by atoms with Gasteiger partial charge in [0.1, 0.15) is 17.2 Å². The van der Waals surface area contributed by atoms with Gasteiger partial charge in [-0.05, 0) is 19.0 Å². The van der Waals surface area contributed by atoms with Gasteiger partial charge in [-0.25, -0.2) is 0 Å². The van der Waals surface area contributed by atoms with E-state index in [-0.39, 0.29) is 39.3 Å². The Hall–Kier alpha value is -3.24. The molecule has 168 valence electrons. The molecule has 9 heteroatoms.